The van der Waals surface area contributed by atoms with Crippen molar-refractivity contribution in [1.82, 2.24) is 24.5 Å². The number of carbonyl (C=O) groups is 1. The van der Waals surface area contributed by atoms with Gasteiger partial charge >= 0.3 is 6.18 Å². The number of ether oxygens (including phenoxy) is 1. The Kier molecular flexibility index (Phi) is 8.90. The molecule has 3 aliphatic heterocycles. The number of anilines is 2. The number of aldehydes is 1. The SMILES string of the molecule is CCc1c(N2CC3CCNCC32)c(=O)n2nc(C3=CCOCC3)nc2n1CC=O.CNc1ccc(C(F)(F)F)cc1Cl. The Morgan fingerprint density at radius 3 is 2.74 bits per heavy atom. The molecule has 6 rings (SSSR count). The molecule has 1 aromatic carbocycles. The van der Waals surface area contributed by atoms with Crippen LogP contribution in [0.5, 0.6) is 0 Å². The van der Waals surface area contributed by atoms with Gasteiger partial charge in [0.1, 0.15) is 12.0 Å². The fourth-order valence-corrected chi connectivity index (χ4v) is 6.02. The molecule has 0 radical (unpaired) electrons. The highest BCUT2D eigenvalue weighted by Crippen LogP contribution is 2.35. The maximum absolute atomic E-state index is 13.5. The van der Waals surface area contributed by atoms with E-state index < -0.39 is 11.7 Å². The first kappa shape index (κ1) is 30.1. The van der Waals surface area contributed by atoms with Crippen molar-refractivity contribution in [2.45, 2.75) is 44.9 Å². The van der Waals surface area contributed by atoms with Crippen molar-refractivity contribution in [2.75, 3.05) is 50.1 Å². The van der Waals surface area contributed by atoms with Gasteiger partial charge in [-0.25, -0.2) is 0 Å². The molecule has 0 aliphatic carbocycles. The Morgan fingerprint density at radius 2 is 2.12 bits per heavy atom. The topological polar surface area (TPSA) is 106 Å². The van der Waals surface area contributed by atoms with E-state index in [1.54, 1.807) is 7.05 Å². The number of nitrogens with one attached hydrogen (secondary N) is 2. The summed E-state index contributed by atoms with van der Waals surface area (Å²) in [6.45, 7) is 6.12. The lowest BCUT2D eigenvalue weighted by molar-refractivity contribution is -0.137. The van der Waals surface area contributed by atoms with Crippen LogP contribution in [0.2, 0.25) is 5.02 Å². The fraction of sp³-hybridized carbons (Fsp3) is 0.500. The zero-order chi connectivity index (χ0) is 30.0. The highest BCUT2D eigenvalue weighted by Gasteiger charge is 2.43. The van der Waals surface area contributed by atoms with Crippen LogP contribution in [0.15, 0.2) is 29.1 Å². The Bertz CT molecular complexity index is 1550. The molecule has 14 heteroatoms. The Labute approximate surface area is 245 Å². The number of benzene rings is 1. The van der Waals surface area contributed by atoms with E-state index in [4.69, 9.17) is 16.3 Å². The molecule has 0 bridgehead atoms. The quantitative estimate of drug-likeness (QED) is 0.409. The summed E-state index contributed by atoms with van der Waals surface area (Å²) in [6, 6.07) is 3.50. The van der Waals surface area contributed by atoms with E-state index in [2.05, 4.69) is 25.6 Å². The third kappa shape index (κ3) is 5.77. The molecule has 10 nitrogen and oxygen atoms in total. The van der Waals surface area contributed by atoms with E-state index in [0.29, 0.717) is 61.0 Å². The molecule has 226 valence electrons. The molecule has 2 saturated heterocycles. The minimum Gasteiger partial charge on any atom is -0.387 e. The van der Waals surface area contributed by atoms with Gasteiger partial charge in [-0.1, -0.05) is 24.6 Å². The van der Waals surface area contributed by atoms with E-state index >= 15 is 0 Å². The number of alkyl halides is 3. The lowest BCUT2D eigenvalue weighted by Gasteiger charge is -2.52. The molecule has 0 saturated carbocycles. The van der Waals surface area contributed by atoms with Crippen molar-refractivity contribution in [3.05, 3.63) is 56.7 Å². The van der Waals surface area contributed by atoms with Crippen LogP contribution in [0.25, 0.3) is 11.4 Å². The van der Waals surface area contributed by atoms with E-state index in [1.165, 1.54) is 10.6 Å². The van der Waals surface area contributed by atoms with Crippen molar-refractivity contribution >= 4 is 40.6 Å². The number of hydrogen-bond donors (Lipinski definition) is 2. The normalized spacial score (nSPS) is 20.2. The van der Waals surface area contributed by atoms with Crippen LogP contribution >= 0.6 is 11.6 Å². The third-order valence-corrected chi connectivity index (χ3v) is 8.25. The molecular weight excluding hydrogens is 575 g/mol. The number of piperidine rings is 1. The lowest BCUT2D eigenvalue weighted by atomic mass is 9.82. The zero-order valence-electron chi connectivity index (χ0n) is 23.4. The first-order valence-electron chi connectivity index (χ1n) is 13.9. The van der Waals surface area contributed by atoms with Gasteiger partial charge < -0.3 is 29.6 Å². The second-order valence-electron chi connectivity index (χ2n) is 10.3. The molecule has 3 aliphatic rings. The molecule has 0 spiro atoms. The summed E-state index contributed by atoms with van der Waals surface area (Å²) in [5.74, 6) is 1.60. The Balaban J connectivity index is 0.000000229. The number of nitrogens with zero attached hydrogens (tertiary/aromatic N) is 5. The van der Waals surface area contributed by atoms with Gasteiger partial charge in [0.2, 0.25) is 5.78 Å². The van der Waals surface area contributed by atoms with Crippen molar-refractivity contribution < 1.29 is 22.7 Å². The maximum atomic E-state index is 13.5. The van der Waals surface area contributed by atoms with Crippen molar-refractivity contribution in [2.24, 2.45) is 5.92 Å². The summed E-state index contributed by atoms with van der Waals surface area (Å²) < 4.78 is 45.0. The van der Waals surface area contributed by atoms with Gasteiger partial charge in [0, 0.05) is 26.2 Å². The third-order valence-electron chi connectivity index (χ3n) is 7.94. The second kappa shape index (κ2) is 12.4. The van der Waals surface area contributed by atoms with Crippen molar-refractivity contribution in [3.63, 3.8) is 0 Å². The van der Waals surface area contributed by atoms with Gasteiger partial charge in [0.25, 0.3) is 5.56 Å². The average molecular weight is 608 g/mol. The summed E-state index contributed by atoms with van der Waals surface area (Å²) in [6.07, 6.45) is 0.981. The van der Waals surface area contributed by atoms with Gasteiger partial charge in [-0.3, -0.25) is 4.79 Å². The van der Waals surface area contributed by atoms with Crippen LogP contribution in [-0.4, -0.2) is 71.4 Å². The smallest absolute Gasteiger partial charge is 0.387 e. The van der Waals surface area contributed by atoms with Crippen LogP contribution in [0.1, 0.15) is 36.8 Å². The largest absolute Gasteiger partial charge is 0.416 e. The summed E-state index contributed by atoms with van der Waals surface area (Å²) in [4.78, 5) is 31.8. The number of carbonyl (C=O) groups excluding carboxylic acids is 1. The van der Waals surface area contributed by atoms with E-state index in [1.807, 2.05) is 17.6 Å². The second-order valence-corrected chi connectivity index (χ2v) is 10.8. The highest BCUT2D eigenvalue weighted by atomic mass is 35.5. The van der Waals surface area contributed by atoms with Crippen LogP contribution in [-0.2, 0) is 28.7 Å². The molecular formula is C28H33ClF3N7O3. The average Bonchev–Trinajstić information content (AvgIpc) is 3.42. The molecule has 5 heterocycles. The molecule has 2 unspecified atom stereocenters. The van der Waals surface area contributed by atoms with Gasteiger partial charge in [0.15, 0.2) is 5.82 Å². The van der Waals surface area contributed by atoms with Crippen molar-refractivity contribution in [3.8, 4) is 0 Å². The van der Waals surface area contributed by atoms with Gasteiger partial charge in [-0.15, -0.1) is 5.10 Å². The summed E-state index contributed by atoms with van der Waals surface area (Å²) in [7, 11) is 1.59. The lowest BCUT2D eigenvalue weighted by Crippen LogP contribution is -2.65. The molecule has 2 atom stereocenters. The van der Waals surface area contributed by atoms with E-state index in [-0.39, 0.29) is 17.1 Å². The molecule has 2 aromatic heterocycles. The van der Waals surface area contributed by atoms with Crippen molar-refractivity contribution in [1.29, 1.82) is 0 Å². The summed E-state index contributed by atoms with van der Waals surface area (Å²) in [5.41, 5.74) is 2.11. The highest BCUT2D eigenvalue weighted by molar-refractivity contribution is 6.33. The Morgan fingerprint density at radius 1 is 1.31 bits per heavy atom. The monoisotopic (exact) mass is 607 g/mol. The number of rotatable bonds is 6. The molecule has 42 heavy (non-hydrogen) atoms. The van der Waals surface area contributed by atoms with Crippen LogP contribution in [0.3, 0.4) is 0 Å². The molecule has 0 amide bonds. The summed E-state index contributed by atoms with van der Waals surface area (Å²) >= 11 is 5.57. The van der Waals surface area contributed by atoms with Gasteiger partial charge in [-0.2, -0.15) is 22.7 Å². The summed E-state index contributed by atoms with van der Waals surface area (Å²) in [5, 5.41) is 10.7. The van der Waals surface area contributed by atoms with Crippen LogP contribution in [0, 0.1) is 5.92 Å². The first-order chi connectivity index (χ1) is 20.2. The molecule has 3 aromatic rings. The predicted octanol–water partition coefficient (Wildman–Crippen LogP) is 3.65. The standard InChI is InChI=1S/C20H26N6O3.C8H7ClF3N/c1-2-15-17(25-12-14-3-6-21-11-16(14)25)19(28)26-20(24(15)7-8-27)22-18(23-26)13-4-9-29-10-5-13;1-13-7-3-2-5(4-6(7)9)8(10,11)12/h4,8,14,16,21H,2-3,5-7,9-12H2,1H3;2-4,13H,1H3. The van der Waals surface area contributed by atoms with Gasteiger partial charge in [-0.05, 0) is 55.5 Å². The fourth-order valence-electron chi connectivity index (χ4n) is 5.74. The molecule has 2 fully saturated rings. The van der Waals surface area contributed by atoms with Gasteiger partial charge in [0.05, 0.1) is 41.7 Å². The maximum Gasteiger partial charge on any atom is 0.416 e. The van der Waals surface area contributed by atoms with Crippen LogP contribution < -0.4 is 21.1 Å². The number of aromatic nitrogens is 4. The minimum atomic E-state index is -4.34. The molecule has 2 N–H and O–H groups in total. The van der Waals surface area contributed by atoms with Crippen LogP contribution in [0.4, 0.5) is 24.5 Å². The minimum absolute atomic E-state index is 0.0670. The number of hydrogen-bond acceptors (Lipinski definition) is 8. The Hall–Kier alpha value is -3.42. The van der Waals surface area contributed by atoms with E-state index in [9.17, 15) is 22.8 Å². The van der Waals surface area contributed by atoms with E-state index in [0.717, 1.165) is 55.7 Å². The first-order valence-corrected chi connectivity index (χ1v) is 14.3. The zero-order valence-corrected chi connectivity index (χ0v) is 24.1. The number of halogens is 4. The predicted molar refractivity (Wildman–Crippen MR) is 154 cm³/mol. The number of fused-ring (bicyclic) bond motifs is 2.